The van der Waals surface area contributed by atoms with Crippen LogP contribution in [0.4, 0.5) is 4.79 Å². The molecule has 0 saturated heterocycles. The molecule has 2 aromatic carbocycles. The van der Waals surface area contributed by atoms with Crippen molar-refractivity contribution in [2.75, 3.05) is 7.05 Å². The predicted molar refractivity (Wildman–Crippen MR) is 119 cm³/mol. The Balaban J connectivity index is 1.76. The smallest absolute Gasteiger partial charge is 0.316 e. The van der Waals surface area contributed by atoms with Crippen LogP contribution in [0.25, 0.3) is 11.1 Å². The normalized spacial score (nSPS) is 16.9. The number of amides is 3. The summed E-state index contributed by atoms with van der Waals surface area (Å²) in [6.45, 7) is 3.62. The number of nitrogens with one attached hydrogen (secondary N) is 2. The summed E-state index contributed by atoms with van der Waals surface area (Å²) in [5, 5.41) is 14.2. The fraction of sp³-hybridized carbons (Fsp3) is 0.250. The van der Waals surface area contributed by atoms with E-state index in [9.17, 15) is 24.3 Å². The Morgan fingerprint density at radius 2 is 1.72 bits per heavy atom. The maximum Gasteiger partial charge on any atom is 0.316 e. The van der Waals surface area contributed by atoms with Crippen LogP contribution >= 0.6 is 0 Å². The van der Waals surface area contributed by atoms with Gasteiger partial charge in [-0.1, -0.05) is 48.5 Å². The lowest BCUT2D eigenvalue weighted by Crippen LogP contribution is -2.56. The van der Waals surface area contributed by atoms with Gasteiger partial charge in [0.05, 0.1) is 12.5 Å². The zero-order valence-electron chi connectivity index (χ0n) is 18.1. The molecular weight excluding hydrogens is 410 g/mol. The standard InChI is InChI=1S/C24H25N3O5/c1-14-6-4-5-7-18(14)16-8-10-17(11-9-16)19(13-21(29)30)25-24(32)26-22-20(28)12-15(2)27(3)23(22)31/h4-12,19,22H,13H2,1-3H3,(H,29,30)(H2,25,26,32). The number of allylic oxidation sites excluding steroid dienone is 1. The molecule has 1 aliphatic heterocycles. The topological polar surface area (TPSA) is 116 Å². The third-order valence-corrected chi connectivity index (χ3v) is 5.47. The Bertz CT molecular complexity index is 1090. The van der Waals surface area contributed by atoms with Gasteiger partial charge in [-0.05, 0) is 36.1 Å². The summed E-state index contributed by atoms with van der Waals surface area (Å²) in [4.78, 5) is 49.7. The molecule has 1 heterocycles. The van der Waals surface area contributed by atoms with E-state index in [0.29, 0.717) is 11.3 Å². The number of urea groups is 1. The Hall–Kier alpha value is -3.94. The van der Waals surface area contributed by atoms with Crippen LogP contribution in [0.15, 0.2) is 60.3 Å². The second-order valence-electron chi connectivity index (χ2n) is 7.72. The van der Waals surface area contributed by atoms with Crippen LogP contribution in [-0.2, 0) is 14.4 Å². The van der Waals surface area contributed by atoms with Gasteiger partial charge in [0.2, 0.25) is 0 Å². The monoisotopic (exact) mass is 435 g/mol. The SMILES string of the molecule is CC1=CC(=O)C(NC(=O)NC(CC(=O)O)c2ccc(-c3ccccc3C)cc2)C(=O)N1C. The molecule has 0 aliphatic carbocycles. The van der Waals surface area contributed by atoms with E-state index in [1.807, 2.05) is 43.3 Å². The zero-order valence-corrected chi connectivity index (χ0v) is 18.1. The van der Waals surface area contributed by atoms with Crippen molar-refractivity contribution in [1.29, 1.82) is 0 Å². The number of rotatable bonds is 6. The first-order valence-electron chi connectivity index (χ1n) is 10.1. The summed E-state index contributed by atoms with van der Waals surface area (Å²) >= 11 is 0. The number of carbonyl (C=O) groups is 4. The van der Waals surface area contributed by atoms with Crippen LogP contribution in [0.2, 0.25) is 0 Å². The first kappa shape index (κ1) is 22.7. The average molecular weight is 435 g/mol. The molecule has 0 fully saturated rings. The summed E-state index contributed by atoms with van der Waals surface area (Å²) in [6.07, 6.45) is 0.925. The molecule has 0 aromatic heterocycles. The first-order chi connectivity index (χ1) is 15.2. The number of hydrogen-bond acceptors (Lipinski definition) is 4. The molecule has 32 heavy (non-hydrogen) atoms. The number of ketones is 1. The van der Waals surface area contributed by atoms with Crippen molar-refractivity contribution < 1.29 is 24.3 Å². The molecule has 3 N–H and O–H groups in total. The number of aryl methyl sites for hydroxylation is 1. The van der Waals surface area contributed by atoms with E-state index >= 15 is 0 Å². The molecule has 8 nitrogen and oxygen atoms in total. The number of likely N-dealkylation sites (N-methyl/N-ethyl adjacent to an activating group) is 1. The lowest BCUT2D eigenvalue weighted by Gasteiger charge is -2.28. The second-order valence-corrected chi connectivity index (χ2v) is 7.72. The van der Waals surface area contributed by atoms with Gasteiger partial charge in [0, 0.05) is 18.8 Å². The number of hydrogen-bond donors (Lipinski definition) is 3. The van der Waals surface area contributed by atoms with Crippen molar-refractivity contribution in [3.05, 3.63) is 71.4 Å². The predicted octanol–water partition coefficient (Wildman–Crippen LogP) is 2.79. The summed E-state index contributed by atoms with van der Waals surface area (Å²) in [5.41, 5.74) is 4.20. The highest BCUT2D eigenvalue weighted by molar-refractivity contribution is 6.14. The van der Waals surface area contributed by atoms with Gasteiger partial charge in [-0.2, -0.15) is 0 Å². The molecule has 3 rings (SSSR count). The highest BCUT2D eigenvalue weighted by Crippen LogP contribution is 2.26. The summed E-state index contributed by atoms with van der Waals surface area (Å²) < 4.78 is 0. The third kappa shape index (κ3) is 5.03. The van der Waals surface area contributed by atoms with E-state index < -0.39 is 35.8 Å². The van der Waals surface area contributed by atoms with Crippen LogP contribution in [0.3, 0.4) is 0 Å². The largest absolute Gasteiger partial charge is 0.481 e. The molecule has 0 radical (unpaired) electrons. The maximum atomic E-state index is 12.5. The summed E-state index contributed by atoms with van der Waals surface area (Å²) in [7, 11) is 1.51. The molecule has 2 aromatic rings. The summed E-state index contributed by atoms with van der Waals surface area (Å²) in [5.74, 6) is -2.18. The van der Waals surface area contributed by atoms with Gasteiger partial charge in [-0.25, -0.2) is 4.79 Å². The number of carbonyl (C=O) groups excluding carboxylic acids is 3. The van der Waals surface area contributed by atoms with E-state index in [1.165, 1.54) is 18.0 Å². The van der Waals surface area contributed by atoms with Gasteiger partial charge < -0.3 is 20.6 Å². The maximum absolute atomic E-state index is 12.5. The van der Waals surface area contributed by atoms with Crippen LogP contribution in [0, 0.1) is 6.92 Å². The van der Waals surface area contributed by atoms with Gasteiger partial charge in [0.1, 0.15) is 0 Å². The molecule has 1 aliphatic rings. The quantitative estimate of drug-likeness (QED) is 0.604. The number of carboxylic acids is 1. The van der Waals surface area contributed by atoms with Crippen LogP contribution in [-0.4, -0.2) is 46.8 Å². The third-order valence-electron chi connectivity index (χ3n) is 5.47. The van der Waals surface area contributed by atoms with E-state index in [1.54, 1.807) is 19.1 Å². The Kier molecular flexibility index (Phi) is 6.73. The van der Waals surface area contributed by atoms with Crippen LogP contribution in [0.1, 0.15) is 30.5 Å². The van der Waals surface area contributed by atoms with Crippen molar-refractivity contribution >= 4 is 23.7 Å². The molecule has 0 saturated carbocycles. The lowest BCUT2D eigenvalue weighted by molar-refractivity contribution is -0.138. The second kappa shape index (κ2) is 9.47. The molecule has 2 atom stereocenters. The van der Waals surface area contributed by atoms with E-state index in [4.69, 9.17) is 0 Å². The van der Waals surface area contributed by atoms with Gasteiger partial charge in [0.25, 0.3) is 5.91 Å². The summed E-state index contributed by atoms with van der Waals surface area (Å²) in [6, 6.07) is 12.1. The van der Waals surface area contributed by atoms with E-state index in [2.05, 4.69) is 10.6 Å². The Morgan fingerprint density at radius 3 is 2.34 bits per heavy atom. The van der Waals surface area contributed by atoms with Crippen molar-refractivity contribution in [2.45, 2.75) is 32.4 Å². The number of benzene rings is 2. The molecule has 3 amide bonds. The van der Waals surface area contributed by atoms with E-state index in [-0.39, 0.29) is 6.42 Å². The molecule has 0 spiro atoms. The molecular formula is C24H25N3O5. The van der Waals surface area contributed by atoms with E-state index in [0.717, 1.165) is 16.7 Å². The molecule has 166 valence electrons. The Labute approximate surface area is 185 Å². The van der Waals surface area contributed by atoms with Crippen molar-refractivity contribution in [3.8, 4) is 11.1 Å². The van der Waals surface area contributed by atoms with Gasteiger partial charge >= 0.3 is 12.0 Å². The minimum Gasteiger partial charge on any atom is -0.481 e. The minimum absolute atomic E-state index is 0.359. The van der Waals surface area contributed by atoms with Crippen molar-refractivity contribution in [2.24, 2.45) is 0 Å². The first-order valence-corrected chi connectivity index (χ1v) is 10.1. The highest BCUT2D eigenvalue weighted by atomic mass is 16.4. The number of carboxylic acid groups (broad SMARTS) is 1. The average Bonchev–Trinajstić information content (AvgIpc) is 2.75. The molecule has 8 heteroatoms. The van der Waals surface area contributed by atoms with Crippen molar-refractivity contribution in [1.82, 2.24) is 15.5 Å². The zero-order chi connectivity index (χ0) is 23.4. The fourth-order valence-corrected chi connectivity index (χ4v) is 3.56. The van der Waals surface area contributed by atoms with Gasteiger partial charge in [0.15, 0.2) is 11.8 Å². The van der Waals surface area contributed by atoms with Crippen LogP contribution < -0.4 is 10.6 Å². The Morgan fingerprint density at radius 1 is 1.06 bits per heavy atom. The number of nitrogens with zero attached hydrogens (tertiary/aromatic N) is 1. The number of aliphatic carboxylic acids is 1. The van der Waals surface area contributed by atoms with Gasteiger partial charge in [-0.3, -0.25) is 14.4 Å². The lowest BCUT2D eigenvalue weighted by atomic mass is 9.97. The molecule has 2 unspecified atom stereocenters. The highest BCUT2D eigenvalue weighted by Gasteiger charge is 2.34. The van der Waals surface area contributed by atoms with Crippen molar-refractivity contribution in [3.63, 3.8) is 0 Å². The molecule has 0 bridgehead atoms. The van der Waals surface area contributed by atoms with Gasteiger partial charge in [-0.15, -0.1) is 0 Å². The minimum atomic E-state index is -1.35. The fourth-order valence-electron chi connectivity index (χ4n) is 3.56. The van der Waals surface area contributed by atoms with Crippen LogP contribution in [0.5, 0.6) is 0 Å².